The average Bonchev–Trinajstić information content (AvgIpc) is 3.01. The Morgan fingerprint density at radius 2 is 1.65 bits per heavy atom. The summed E-state index contributed by atoms with van der Waals surface area (Å²) in [6.45, 7) is 2.14. The van der Waals surface area contributed by atoms with E-state index in [0.29, 0.717) is 17.0 Å². The van der Waals surface area contributed by atoms with Gasteiger partial charge in [0, 0.05) is 33.4 Å². The molecule has 4 atom stereocenters. The fourth-order valence-electron chi connectivity index (χ4n) is 4.78. The lowest BCUT2D eigenvalue weighted by Gasteiger charge is -2.41. The minimum Gasteiger partial charge on any atom is -0.496 e. The smallest absolute Gasteiger partial charge is 0.255 e. The van der Waals surface area contributed by atoms with E-state index in [1.807, 2.05) is 84.9 Å². The van der Waals surface area contributed by atoms with Crippen LogP contribution in [0.15, 0.2) is 108 Å². The number of thioether (sulfide) groups is 1. The maximum atomic E-state index is 12.8. The number of aliphatic hydroxyl groups is 1. The maximum Gasteiger partial charge on any atom is 0.255 e. The van der Waals surface area contributed by atoms with Crippen molar-refractivity contribution < 1.29 is 24.1 Å². The number of rotatable bonds is 9. The van der Waals surface area contributed by atoms with Crippen LogP contribution in [0.25, 0.3) is 0 Å². The number of nitrogens with one attached hydrogen (secondary N) is 1. The minimum absolute atomic E-state index is 0.00718. The molecule has 4 aromatic rings. The van der Waals surface area contributed by atoms with E-state index in [9.17, 15) is 9.90 Å². The Morgan fingerprint density at radius 1 is 0.900 bits per heavy atom. The van der Waals surface area contributed by atoms with Crippen LogP contribution in [-0.4, -0.2) is 30.0 Å². The van der Waals surface area contributed by atoms with Gasteiger partial charge >= 0.3 is 0 Å². The highest BCUT2D eigenvalue weighted by atomic mass is 32.2. The van der Waals surface area contributed by atoms with E-state index in [0.717, 1.165) is 27.3 Å². The second kappa shape index (κ2) is 13.2. The molecule has 0 saturated carbocycles. The largest absolute Gasteiger partial charge is 0.496 e. The standard InChI is InChI=1S/C33H33NO5S/c1-22-29(21-40-30-14-7-6-13-28(30)37-2)38-33(39-31(22)24-17-15-23(20-35)16-18-24)26-11-8-12-27(19-26)34-32(36)25-9-4-3-5-10-25/h3-19,22,29,31,33,35H,20-21H2,1-2H3,(H,34,36). The third-order valence-electron chi connectivity index (χ3n) is 7.05. The Balaban J connectivity index is 1.39. The number of carbonyl (C=O) groups is 1. The number of ether oxygens (including phenoxy) is 3. The summed E-state index contributed by atoms with van der Waals surface area (Å²) in [5.41, 5.74) is 3.96. The molecule has 206 valence electrons. The van der Waals surface area contributed by atoms with Crippen molar-refractivity contribution in [3.63, 3.8) is 0 Å². The van der Waals surface area contributed by atoms with E-state index in [4.69, 9.17) is 14.2 Å². The molecular formula is C33H33NO5S. The molecule has 1 aliphatic heterocycles. The number of amides is 1. The Hall–Kier alpha value is -3.62. The molecule has 1 heterocycles. The van der Waals surface area contributed by atoms with Gasteiger partial charge in [-0.3, -0.25) is 4.79 Å². The lowest BCUT2D eigenvalue weighted by molar-refractivity contribution is -0.268. The first-order valence-corrected chi connectivity index (χ1v) is 14.3. The Morgan fingerprint density at radius 3 is 2.40 bits per heavy atom. The van der Waals surface area contributed by atoms with Gasteiger partial charge in [-0.25, -0.2) is 0 Å². The summed E-state index contributed by atoms with van der Waals surface area (Å²) >= 11 is 1.70. The third kappa shape index (κ3) is 6.57. The van der Waals surface area contributed by atoms with Crippen LogP contribution in [0.2, 0.25) is 0 Å². The van der Waals surface area contributed by atoms with Gasteiger partial charge in [-0.15, -0.1) is 11.8 Å². The minimum atomic E-state index is -0.629. The maximum absolute atomic E-state index is 12.8. The number of aliphatic hydroxyl groups excluding tert-OH is 1. The molecule has 1 saturated heterocycles. The van der Waals surface area contributed by atoms with Crippen LogP contribution in [0.4, 0.5) is 5.69 Å². The molecule has 0 spiro atoms. The molecule has 6 nitrogen and oxygen atoms in total. The average molecular weight is 556 g/mol. The predicted octanol–water partition coefficient (Wildman–Crippen LogP) is 7.02. The van der Waals surface area contributed by atoms with Gasteiger partial charge < -0.3 is 24.6 Å². The summed E-state index contributed by atoms with van der Waals surface area (Å²) in [4.78, 5) is 13.8. The highest BCUT2D eigenvalue weighted by Crippen LogP contribution is 2.44. The highest BCUT2D eigenvalue weighted by molar-refractivity contribution is 7.99. The Kier molecular flexibility index (Phi) is 9.19. The van der Waals surface area contributed by atoms with E-state index in [1.54, 1.807) is 31.0 Å². The normalized spacial score (nSPS) is 20.6. The number of hydrogen-bond acceptors (Lipinski definition) is 6. The Bertz CT molecular complexity index is 1410. The quantitative estimate of drug-likeness (QED) is 0.216. The summed E-state index contributed by atoms with van der Waals surface area (Å²) in [7, 11) is 1.68. The van der Waals surface area contributed by atoms with Crippen LogP contribution in [0.5, 0.6) is 5.75 Å². The summed E-state index contributed by atoms with van der Waals surface area (Å²) < 4.78 is 18.7. The zero-order valence-corrected chi connectivity index (χ0v) is 23.3. The molecule has 4 unspecified atom stereocenters. The summed E-state index contributed by atoms with van der Waals surface area (Å²) in [5.74, 6) is 1.42. The van der Waals surface area contributed by atoms with Crippen LogP contribution >= 0.6 is 11.8 Å². The summed E-state index contributed by atoms with van der Waals surface area (Å²) in [5, 5.41) is 12.5. The van der Waals surface area contributed by atoms with Crippen molar-refractivity contribution in [3.05, 3.63) is 125 Å². The fourth-order valence-corrected chi connectivity index (χ4v) is 5.97. The van der Waals surface area contributed by atoms with Crippen LogP contribution < -0.4 is 10.1 Å². The lowest BCUT2D eigenvalue weighted by atomic mass is 9.91. The molecule has 1 aliphatic rings. The van der Waals surface area contributed by atoms with Crippen molar-refractivity contribution in [2.45, 2.75) is 36.9 Å². The van der Waals surface area contributed by atoms with E-state index >= 15 is 0 Å². The van der Waals surface area contributed by atoms with Crippen LogP contribution in [0.1, 0.15) is 46.4 Å². The number of anilines is 1. The van der Waals surface area contributed by atoms with Gasteiger partial charge in [-0.1, -0.05) is 73.7 Å². The van der Waals surface area contributed by atoms with Gasteiger partial charge in [0.2, 0.25) is 0 Å². The molecule has 2 N–H and O–H groups in total. The molecule has 0 bridgehead atoms. The molecule has 1 amide bonds. The number of methoxy groups -OCH3 is 1. The fraction of sp³-hybridized carbons (Fsp3) is 0.242. The first-order valence-electron chi connectivity index (χ1n) is 13.3. The van der Waals surface area contributed by atoms with Crippen LogP contribution in [0, 0.1) is 5.92 Å². The van der Waals surface area contributed by atoms with E-state index in [1.165, 1.54) is 0 Å². The number of benzene rings is 4. The second-order valence-corrected chi connectivity index (χ2v) is 10.8. The second-order valence-electron chi connectivity index (χ2n) is 9.73. The molecular weight excluding hydrogens is 522 g/mol. The Labute approximate surface area is 239 Å². The summed E-state index contributed by atoms with van der Waals surface area (Å²) in [6, 6.07) is 32.6. The summed E-state index contributed by atoms with van der Waals surface area (Å²) in [6.07, 6.45) is -0.980. The van der Waals surface area contributed by atoms with Crippen molar-refractivity contribution in [1.29, 1.82) is 0 Å². The monoisotopic (exact) mass is 555 g/mol. The zero-order valence-electron chi connectivity index (χ0n) is 22.5. The van der Waals surface area contributed by atoms with Crippen molar-refractivity contribution in [2.24, 2.45) is 5.92 Å². The zero-order chi connectivity index (χ0) is 27.9. The molecule has 0 aliphatic carbocycles. The van der Waals surface area contributed by atoms with Crippen LogP contribution in [0.3, 0.4) is 0 Å². The first kappa shape index (κ1) is 27.9. The molecule has 4 aromatic carbocycles. The van der Waals surface area contributed by atoms with Gasteiger partial charge in [0.25, 0.3) is 5.91 Å². The van der Waals surface area contributed by atoms with Crippen LogP contribution in [-0.2, 0) is 16.1 Å². The number of carbonyl (C=O) groups excluding carboxylic acids is 1. The van der Waals surface area contributed by atoms with E-state index in [2.05, 4.69) is 18.3 Å². The van der Waals surface area contributed by atoms with E-state index in [-0.39, 0.29) is 30.6 Å². The van der Waals surface area contributed by atoms with Gasteiger partial charge in [-0.2, -0.15) is 0 Å². The molecule has 0 aromatic heterocycles. The van der Waals surface area contributed by atoms with Gasteiger partial charge in [0.1, 0.15) is 5.75 Å². The predicted molar refractivity (Wildman–Crippen MR) is 158 cm³/mol. The first-order chi connectivity index (χ1) is 19.6. The molecule has 7 heteroatoms. The van der Waals surface area contributed by atoms with E-state index < -0.39 is 6.29 Å². The molecule has 40 heavy (non-hydrogen) atoms. The van der Waals surface area contributed by atoms with Crippen molar-refractivity contribution in [2.75, 3.05) is 18.2 Å². The molecule has 0 radical (unpaired) electrons. The van der Waals surface area contributed by atoms with Crippen molar-refractivity contribution in [1.82, 2.24) is 0 Å². The molecule has 5 rings (SSSR count). The van der Waals surface area contributed by atoms with Crippen molar-refractivity contribution >= 4 is 23.4 Å². The highest BCUT2D eigenvalue weighted by Gasteiger charge is 2.38. The topological polar surface area (TPSA) is 77.0 Å². The number of hydrogen-bond donors (Lipinski definition) is 2. The van der Waals surface area contributed by atoms with Gasteiger partial charge in [0.05, 0.1) is 25.9 Å². The number of para-hydroxylation sites is 1. The molecule has 1 fully saturated rings. The van der Waals surface area contributed by atoms with Gasteiger partial charge in [0.15, 0.2) is 6.29 Å². The third-order valence-corrected chi connectivity index (χ3v) is 8.19. The lowest BCUT2D eigenvalue weighted by Crippen LogP contribution is -2.38. The van der Waals surface area contributed by atoms with Gasteiger partial charge in [-0.05, 0) is 47.5 Å². The van der Waals surface area contributed by atoms with Crippen molar-refractivity contribution in [3.8, 4) is 5.75 Å². The SMILES string of the molecule is COc1ccccc1SCC1OC(c2cccc(NC(=O)c3ccccc3)c2)OC(c2ccc(CO)cc2)C1C.